The molecule has 0 saturated heterocycles. The first-order chi connectivity index (χ1) is 7.54. The van der Waals surface area contributed by atoms with E-state index in [0.29, 0.717) is 0 Å². The third-order valence-corrected chi connectivity index (χ3v) is 1.76. The number of rotatable bonds is 3. The maximum atomic E-state index is 11.6. The number of aromatic nitrogens is 1. The molecular formula is C9H11N3O4. The number of carboxylic acid groups (broad SMARTS) is 1. The Bertz CT molecular complexity index is 407. The Morgan fingerprint density at radius 2 is 2.19 bits per heavy atom. The molecule has 0 atom stereocenters. The van der Waals surface area contributed by atoms with Crippen LogP contribution in [0.25, 0.3) is 0 Å². The average molecular weight is 225 g/mol. The highest BCUT2D eigenvalue weighted by Gasteiger charge is 2.13. The monoisotopic (exact) mass is 225 g/mol. The minimum Gasteiger partial charge on any atom is -0.465 e. The van der Waals surface area contributed by atoms with Gasteiger partial charge in [-0.2, -0.15) is 0 Å². The van der Waals surface area contributed by atoms with Gasteiger partial charge >= 0.3 is 6.09 Å². The van der Waals surface area contributed by atoms with E-state index >= 15 is 0 Å². The number of hydrogen-bond acceptors (Lipinski definition) is 4. The van der Waals surface area contributed by atoms with Crippen molar-refractivity contribution < 1.29 is 19.5 Å². The summed E-state index contributed by atoms with van der Waals surface area (Å²) in [5.41, 5.74) is 0.0931. The third kappa shape index (κ3) is 2.92. The number of anilines is 1. The number of nitrogens with one attached hydrogen (secondary N) is 1. The molecular weight excluding hydrogens is 214 g/mol. The number of hydrogen-bond donors (Lipinski definition) is 2. The minimum absolute atomic E-state index is 0.0860. The number of hydroxylamine groups is 2. The Morgan fingerprint density at radius 1 is 1.50 bits per heavy atom. The highest BCUT2D eigenvalue weighted by molar-refractivity contribution is 5.92. The summed E-state index contributed by atoms with van der Waals surface area (Å²) in [5.74, 6) is -0.376. The first-order valence-corrected chi connectivity index (χ1v) is 4.33. The van der Waals surface area contributed by atoms with Crippen molar-refractivity contribution in [3.05, 3.63) is 23.9 Å². The van der Waals surface area contributed by atoms with Gasteiger partial charge in [0.25, 0.3) is 5.91 Å². The lowest BCUT2D eigenvalue weighted by Gasteiger charge is -2.13. The van der Waals surface area contributed by atoms with Crippen molar-refractivity contribution >= 4 is 17.8 Å². The average Bonchev–Trinajstić information content (AvgIpc) is 2.26. The number of carbonyl (C=O) groups is 2. The number of amides is 2. The molecule has 2 N–H and O–H groups in total. The Morgan fingerprint density at radius 3 is 2.75 bits per heavy atom. The second-order valence-electron chi connectivity index (χ2n) is 2.82. The molecule has 1 heterocycles. The van der Waals surface area contributed by atoms with Crippen LogP contribution < -0.4 is 5.32 Å². The van der Waals surface area contributed by atoms with Crippen LogP contribution in [0.4, 0.5) is 10.6 Å². The lowest BCUT2D eigenvalue weighted by atomic mass is 10.3. The molecule has 16 heavy (non-hydrogen) atoms. The van der Waals surface area contributed by atoms with E-state index < -0.39 is 12.0 Å². The molecule has 0 aliphatic carbocycles. The second-order valence-corrected chi connectivity index (χ2v) is 2.82. The fourth-order valence-corrected chi connectivity index (χ4v) is 0.977. The highest BCUT2D eigenvalue weighted by atomic mass is 16.7. The van der Waals surface area contributed by atoms with Crippen molar-refractivity contribution in [1.29, 1.82) is 0 Å². The molecule has 1 aromatic heterocycles. The number of pyridine rings is 1. The summed E-state index contributed by atoms with van der Waals surface area (Å²) < 4.78 is 0. The summed E-state index contributed by atoms with van der Waals surface area (Å²) >= 11 is 0. The van der Waals surface area contributed by atoms with Crippen LogP contribution in [0.5, 0.6) is 0 Å². The quantitative estimate of drug-likeness (QED) is 0.742. The van der Waals surface area contributed by atoms with Gasteiger partial charge in [0, 0.05) is 7.05 Å². The first kappa shape index (κ1) is 11.9. The molecule has 0 aromatic carbocycles. The molecule has 0 aliphatic rings. The second kappa shape index (κ2) is 5.08. The molecule has 0 saturated carbocycles. The molecule has 86 valence electrons. The van der Waals surface area contributed by atoms with Crippen molar-refractivity contribution in [2.45, 2.75) is 0 Å². The van der Waals surface area contributed by atoms with Gasteiger partial charge < -0.3 is 5.11 Å². The molecule has 1 rings (SSSR count). The molecule has 0 spiro atoms. The van der Waals surface area contributed by atoms with Gasteiger partial charge in [-0.05, 0) is 12.1 Å². The van der Waals surface area contributed by atoms with Gasteiger partial charge in [0.15, 0.2) is 0 Å². The summed E-state index contributed by atoms with van der Waals surface area (Å²) in [5, 5.41) is 11.5. The Labute approximate surface area is 91.6 Å². The molecule has 0 aliphatic heterocycles. The van der Waals surface area contributed by atoms with Gasteiger partial charge in [-0.1, -0.05) is 6.07 Å². The van der Waals surface area contributed by atoms with Gasteiger partial charge in [0.2, 0.25) is 0 Å². The van der Waals surface area contributed by atoms with Gasteiger partial charge in [0.05, 0.1) is 7.11 Å². The van der Waals surface area contributed by atoms with Crippen LogP contribution >= 0.6 is 0 Å². The van der Waals surface area contributed by atoms with Crippen LogP contribution in [-0.2, 0) is 4.84 Å². The van der Waals surface area contributed by atoms with Crippen LogP contribution in [0, 0.1) is 0 Å². The lowest BCUT2D eigenvalue weighted by Crippen LogP contribution is -2.26. The summed E-state index contributed by atoms with van der Waals surface area (Å²) in [6, 6.07) is 4.43. The number of nitrogens with zero attached hydrogens (tertiary/aromatic N) is 2. The molecule has 2 amide bonds. The molecule has 0 radical (unpaired) electrons. The maximum Gasteiger partial charge on any atom is 0.410 e. The molecule has 0 bridgehead atoms. The van der Waals surface area contributed by atoms with Crippen LogP contribution in [0.3, 0.4) is 0 Å². The summed E-state index contributed by atoms with van der Waals surface area (Å²) in [6.07, 6.45) is -1.24. The predicted molar refractivity (Wildman–Crippen MR) is 55.0 cm³/mol. The van der Waals surface area contributed by atoms with Gasteiger partial charge in [-0.25, -0.2) is 14.8 Å². The third-order valence-electron chi connectivity index (χ3n) is 1.76. The Balaban J connectivity index is 2.89. The van der Waals surface area contributed by atoms with Crippen LogP contribution in [0.1, 0.15) is 10.5 Å². The summed E-state index contributed by atoms with van der Waals surface area (Å²) in [4.78, 5) is 30.5. The van der Waals surface area contributed by atoms with Crippen molar-refractivity contribution in [1.82, 2.24) is 10.0 Å². The van der Waals surface area contributed by atoms with Crippen LogP contribution in [0.2, 0.25) is 0 Å². The van der Waals surface area contributed by atoms with E-state index in [4.69, 9.17) is 9.94 Å². The van der Waals surface area contributed by atoms with Gasteiger partial charge in [-0.15, -0.1) is 0 Å². The highest BCUT2D eigenvalue weighted by Crippen LogP contribution is 2.06. The van der Waals surface area contributed by atoms with Gasteiger partial charge in [-0.3, -0.25) is 14.9 Å². The first-order valence-electron chi connectivity index (χ1n) is 4.33. The lowest BCUT2D eigenvalue weighted by molar-refractivity contribution is -0.0760. The zero-order chi connectivity index (χ0) is 12.1. The Kier molecular flexibility index (Phi) is 3.78. The fourth-order valence-electron chi connectivity index (χ4n) is 0.977. The molecule has 7 heteroatoms. The summed E-state index contributed by atoms with van der Waals surface area (Å²) in [7, 11) is 2.78. The van der Waals surface area contributed by atoms with E-state index in [-0.39, 0.29) is 11.5 Å². The van der Waals surface area contributed by atoms with Crippen molar-refractivity contribution in [3.63, 3.8) is 0 Å². The Hall–Kier alpha value is -2.15. The molecule has 0 fully saturated rings. The van der Waals surface area contributed by atoms with E-state index in [1.165, 1.54) is 32.4 Å². The van der Waals surface area contributed by atoms with E-state index in [2.05, 4.69) is 10.3 Å². The molecule has 0 unspecified atom stereocenters. The molecule has 1 aromatic rings. The predicted octanol–water partition coefficient (Wildman–Crippen LogP) is 0.805. The van der Waals surface area contributed by atoms with Crippen molar-refractivity contribution in [2.75, 3.05) is 19.5 Å². The topological polar surface area (TPSA) is 91.8 Å². The standard InChI is InChI=1S/C9H11N3O4/c1-12(16-2)8(13)6-4-3-5-7(10-6)11-9(14)15/h3-5H,1-2H3,(H,10,11)(H,14,15). The van der Waals surface area contributed by atoms with E-state index in [0.717, 1.165) is 5.06 Å². The fraction of sp³-hybridized carbons (Fsp3) is 0.222. The van der Waals surface area contributed by atoms with Gasteiger partial charge in [0.1, 0.15) is 11.5 Å². The zero-order valence-electron chi connectivity index (χ0n) is 8.80. The van der Waals surface area contributed by atoms with E-state index in [1.807, 2.05) is 0 Å². The smallest absolute Gasteiger partial charge is 0.410 e. The van der Waals surface area contributed by atoms with Crippen LogP contribution in [-0.4, -0.2) is 41.3 Å². The SMILES string of the molecule is CON(C)C(=O)c1cccc(NC(=O)O)n1. The summed E-state index contributed by atoms with van der Waals surface area (Å²) in [6.45, 7) is 0. The number of carbonyl (C=O) groups excluding carboxylic acids is 1. The van der Waals surface area contributed by atoms with Crippen molar-refractivity contribution in [3.8, 4) is 0 Å². The van der Waals surface area contributed by atoms with Crippen LogP contribution in [0.15, 0.2) is 18.2 Å². The largest absolute Gasteiger partial charge is 0.465 e. The maximum absolute atomic E-state index is 11.6. The van der Waals surface area contributed by atoms with Crippen molar-refractivity contribution in [2.24, 2.45) is 0 Å². The van der Waals surface area contributed by atoms with E-state index in [1.54, 1.807) is 0 Å². The minimum atomic E-state index is -1.24. The zero-order valence-corrected chi connectivity index (χ0v) is 8.80. The normalized spacial score (nSPS) is 9.62. The van der Waals surface area contributed by atoms with E-state index in [9.17, 15) is 9.59 Å². The molecule has 7 nitrogen and oxygen atoms in total.